The molecule has 2 aromatic rings. The number of nitro benzene ring substituents is 1. The van der Waals surface area contributed by atoms with E-state index < -0.39 is 4.92 Å². The zero-order valence-corrected chi connectivity index (χ0v) is 11.1. The average Bonchev–Trinajstić information content (AvgIpc) is 2.47. The van der Waals surface area contributed by atoms with Gasteiger partial charge in [-0.05, 0) is 18.2 Å². The molecule has 0 atom stereocenters. The standard InChI is InChI=1S/C13H11N3O3S/c14-13(15-17)11-8-9(16(18)19)6-7-12(11)20-10-4-2-1-3-5-10/h1-8,17H,(H2,14,15). The summed E-state index contributed by atoms with van der Waals surface area (Å²) >= 11 is 1.38. The van der Waals surface area contributed by atoms with Gasteiger partial charge in [-0.1, -0.05) is 35.1 Å². The number of amidine groups is 1. The number of hydrogen-bond acceptors (Lipinski definition) is 5. The second-order valence-corrected chi connectivity index (χ2v) is 4.95. The molecule has 0 fully saturated rings. The zero-order valence-electron chi connectivity index (χ0n) is 10.3. The highest BCUT2D eigenvalue weighted by Gasteiger charge is 2.14. The first kappa shape index (κ1) is 13.9. The maximum atomic E-state index is 10.8. The Morgan fingerprint density at radius 1 is 1.25 bits per heavy atom. The summed E-state index contributed by atoms with van der Waals surface area (Å²) in [5.74, 6) is -0.160. The minimum Gasteiger partial charge on any atom is -0.409 e. The van der Waals surface area contributed by atoms with Gasteiger partial charge >= 0.3 is 0 Å². The molecule has 0 amide bonds. The molecule has 0 spiro atoms. The Hall–Kier alpha value is -2.54. The largest absolute Gasteiger partial charge is 0.409 e. The van der Waals surface area contributed by atoms with E-state index in [2.05, 4.69) is 5.16 Å². The van der Waals surface area contributed by atoms with Crippen molar-refractivity contribution in [3.05, 3.63) is 64.2 Å². The molecule has 0 unspecified atom stereocenters. The molecular weight excluding hydrogens is 278 g/mol. The number of non-ortho nitro benzene ring substituents is 1. The van der Waals surface area contributed by atoms with E-state index in [0.29, 0.717) is 10.5 Å². The van der Waals surface area contributed by atoms with Crippen molar-refractivity contribution in [2.45, 2.75) is 9.79 Å². The second kappa shape index (κ2) is 6.07. The van der Waals surface area contributed by atoms with E-state index in [1.807, 2.05) is 30.3 Å². The minimum absolute atomic E-state index is 0.107. The monoisotopic (exact) mass is 289 g/mol. The molecule has 0 aliphatic rings. The topological polar surface area (TPSA) is 102 Å². The first-order chi connectivity index (χ1) is 9.61. The highest BCUT2D eigenvalue weighted by atomic mass is 32.2. The van der Waals surface area contributed by atoms with Crippen LogP contribution in [-0.2, 0) is 0 Å². The number of hydrogen-bond donors (Lipinski definition) is 2. The molecule has 0 radical (unpaired) electrons. The van der Waals surface area contributed by atoms with Crippen LogP contribution in [0.4, 0.5) is 5.69 Å². The summed E-state index contributed by atoms with van der Waals surface area (Å²) in [6, 6.07) is 13.7. The summed E-state index contributed by atoms with van der Waals surface area (Å²) < 4.78 is 0. The van der Waals surface area contributed by atoms with E-state index in [9.17, 15) is 10.1 Å². The molecule has 0 heterocycles. The average molecular weight is 289 g/mol. The van der Waals surface area contributed by atoms with Crippen molar-refractivity contribution < 1.29 is 10.1 Å². The number of benzene rings is 2. The lowest BCUT2D eigenvalue weighted by Crippen LogP contribution is -2.14. The molecule has 20 heavy (non-hydrogen) atoms. The van der Waals surface area contributed by atoms with Crippen molar-refractivity contribution in [1.82, 2.24) is 0 Å². The van der Waals surface area contributed by atoms with Gasteiger partial charge in [-0.15, -0.1) is 0 Å². The Morgan fingerprint density at radius 2 is 1.95 bits per heavy atom. The van der Waals surface area contributed by atoms with Crippen LogP contribution < -0.4 is 5.73 Å². The van der Waals surface area contributed by atoms with Crippen LogP contribution >= 0.6 is 11.8 Å². The van der Waals surface area contributed by atoms with Gasteiger partial charge in [0.05, 0.1) is 4.92 Å². The van der Waals surface area contributed by atoms with Crippen LogP contribution in [0.25, 0.3) is 0 Å². The van der Waals surface area contributed by atoms with E-state index in [0.717, 1.165) is 4.90 Å². The molecule has 2 rings (SSSR count). The van der Waals surface area contributed by atoms with E-state index >= 15 is 0 Å². The first-order valence-corrected chi connectivity index (χ1v) is 6.42. The number of nitrogens with two attached hydrogens (primary N) is 1. The molecule has 0 aliphatic carbocycles. The lowest BCUT2D eigenvalue weighted by molar-refractivity contribution is -0.384. The Kier molecular flexibility index (Phi) is 4.21. The summed E-state index contributed by atoms with van der Waals surface area (Å²) in [4.78, 5) is 11.9. The van der Waals surface area contributed by atoms with Crippen LogP contribution in [0.3, 0.4) is 0 Å². The van der Waals surface area contributed by atoms with Gasteiger partial charge < -0.3 is 10.9 Å². The lowest BCUT2D eigenvalue weighted by Gasteiger charge is -2.07. The van der Waals surface area contributed by atoms with E-state index in [1.165, 1.54) is 23.9 Å². The lowest BCUT2D eigenvalue weighted by atomic mass is 10.2. The summed E-state index contributed by atoms with van der Waals surface area (Å²) in [5.41, 5.74) is 5.80. The fraction of sp³-hybridized carbons (Fsp3) is 0. The summed E-state index contributed by atoms with van der Waals surface area (Å²) in [5, 5.41) is 22.5. The molecule has 0 saturated carbocycles. The van der Waals surface area contributed by atoms with Crippen LogP contribution in [-0.4, -0.2) is 16.0 Å². The highest BCUT2D eigenvalue weighted by molar-refractivity contribution is 7.99. The molecule has 2 aromatic carbocycles. The van der Waals surface area contributed by atoms with Crippen LogP contribution in [0.15, 0.2) is 63.5 Å². The Balaban J connectivity index is 2.44. The normalized spacial score (nSPS) is 11.3. The molecule has 7 heteroatoms. The highest BCUT2D eigenvalue weighted by Crippen LogP contribution is 2.32. The van der Waals surface area contributed by atoms with Crippen LogP contribution in [0.2, 0.25) is 0 Å². The molecular formula is C13H11N3O3S. The van der Waals surface area contributed by atoms with Gasteiger partial charge in [0, 0.05) is 27.5 Å². The van der Waals surface area contributed by atoms with Crippen LogP contribution in [0, 0.1) is 10.1 Å². The number of oxime groups is 1. The number of nitro groups is 1. The fourth-order valence-corrected chi connectivity index (χ4v) is 2.55. The predicted octanol–water partition coefficient (Wildman–Crippen LogP) is 2.84. The van der Waals surface area contributed by atoms with Crippen LogP contribution in [0.1, 0.15) is 5.56 Å². The fourth-order valence-electron chi connectivity index (χ4n) is 1.59. The summed E-state index contributed by atoms with van der Waals surface area (Å²) in [7, 11) is 0. The van der Waals surface area contributed by atoms with Gasteiger partial charge in [0.25, 0.3) is 5.69 Å². The van der Waals surface area contributed by atoms with E-state index in [4.69, 9.17) is 10.9 Å². The van der Waals surface area contributed by atoms with Gasteiger partial charge in [-0.2, -0.15) is 0 Å². The third-order valence-corrected chi connectivity index (χ3v) is 3.61. The van der Waals surface area contributed by atoms with Crippen molar-refractivity contribution in [2.75, 3.05) is 0 Å². The van der Waals surface area contributed by atoms with Crippen molar-refractivity contribution in [3.63, 3.8) is 0 Å². The molecule has 0 aliphatic heterocycles. The van der Waals surface area contributed by atoms with Crippen molar-refractivity contribution >= 4 is 23.3 Å². The van der Waals surface area contributed by atoms with E-state index in [1.54, 1.807) is 6.07 Å². The third kappa shape index (κ3) is 3.07. The predicted molar refractivity (Wildman–Crippen MR) is 76.2 cm³/mol. The molecule has 0 bridgehead atoms. The minimum atomic E-state index is -0.523. The Bertz CT molecular complexity index is 659. The van der Waals surface area contributed by atoms with Gasteiger partial charge in [0.2, 0.25) is 0 Å². The quantitative estimate of drug-likeness (QED) is 0.296. The SMILES string of the molecule is NC(=NO)c1cc([N+](=O)[O-])ccc1Sc1ccccc1. The van der Waals surface area contributed by atoms with Crippen molar-refractivity contribution in [3.8, 4) is 0 Å². The van der Waals surface area contributed by atoms with E-state index in [-0.39, 0.29) is 11.5 Å². The van der Waals surface area contributed by atoms with Gasteiger partial charge in [0.15, 0.2) is 5.84 Å². The van der Waals surface area contributed by atoms with Crippen LogP contribution in [0.5, 0.6) is 0 Å². The van der Waals surface area contributed by atoms with Crippen molar-refractivity contribution in [2.24, 2.45) is 10.9 Å². The smallest absolute Gasteiger partial charge is 0.270 e. The van der Waals surface area contributed by atoms with Gasteiger partial charge in [0.1, 0.15) is 0 Å². The Morgan fingerprint density at radius 3 is 2.55 bits per heavy atom. The summed E-state index contributed by atoms with van der Waals surface area (Å²) in [6.45, 7) is 0. The third-order valence-electron chi connectivity index (χ3n) is 2.53. The number of nitrogens with zero attached hydrogens (tertiary/aromatic N) is 2. The Labute approximate surface area is 119 Å². The maximum Gasteiger partial charge on any atom is 0.270 e. The molecule has 0 saturated heterocycles. The molecule has 102 valence electrons. The number of rotatable bonds is 4. The zero-order chi connectivity index (χ0) is 14.5. The first-order valence-electron chi connectivity index (χ1n) is 5.61. The molecule has 0 aromatic heterocycles. The van der Waals surface area contributed by atoms with Gasteiger partial charge in [-0.3, -0.25) is 10.1 Å². The molecule has 3 N–H and O–H groups in total. The molecule has 6 nitrogen and oxygen atoms in total. The maximum absolute atomic E-state index is 10.8. The second-order valence-electron chi connectivity index (χ2n) is 3.84. The van der Waals surface area contributed by atoms with Crippen molar-refractivity contribution in [1.29, 1.82) is 0 Å². The van der Waals surface area contributed by atoms with Gasteiger partial charge in [-0.25, -0.2) is 0 Å². The summed E-state index contributed by atoms with van der Waals surface area (Å²) in [6.07, 6.45) is 0.